The highest BCUT2D eigenvalue weighted by Crippen LogP contribution is 2.22. The summed E-state index contributed by atoms with van der Waals surface area (Å²) < 4.78 is 0. The summed E-state index contributed by atoms with van der Waals surface area (Å²) in [5.41, 5.74) is 0. The predicted molar refractivity (Wildman–Crippen MR) is 94.6 cm³/mol. The Balaban J connectivity index is 3.47. The molecule has 0 saturated carbocycles. The Morgan fingerprint density at radius 3 is 1.38 bits per heavy atom. The van der Waals surface area contributed by atoms with Crippen LogP contribution in [0.2, 0.25) is 0 Å². The lowest BCUT2D eigenvalue weighted by atomic mass is 9.91. The van der Waals surface area contributed by atoms with Gasteiger partial charge in [0.15, 0.2) is 0 Å². The van der Waals surface area contributed by atoms with Crippen molar-refractivity contribution < 1.29 is 4.79 Å². The summed E-state index contributed by atoms with van der Waals surface area (Å²) in [4.78, 5) is 10.4. The highest BCUT2D eigenvalue weighted by Gasteiger charge is 2.07. The van der Waals surface area contributed by atoms with Gasteiger partial charge in [0.25, 0.3) is 0 Å². The minimum atomic E-state index is 0.579. The van der Waals surface area contributed by atoms with E-state index in [0.717, 1.165) is 30.5 Å². The molecule has 0 aromatic rings. The molecule has 0 aromatic carbocycles. The van der Waals surface area contributed by atoms with Crippen molar-refractivity contribution in [2.45, 2.75) is 98.8 Å². The Morgan fingerprint density at radius 2 is 1.00 bits per heavy atom. The van der Waals surface area contributed by atoms with Gasteiger partial charge in [-0.25, -0.2) is 0 Å². The van der Waals surface area contributed by atoms with Gasteiger partial charge in [0.2, 0.25) is 0 Å². The number of rotatable bonds is 14. The van der Waals surface area contributed by atoms with Crippen LogP contribution in [-0.2, 0) is 4.79 Å². The van der Waals surface area contributed by atoms with E-state index in [1.54, 1.807) is 0 Å². The van der Waals surface area contributed by atoms with Crippen LogP contribution in [0.5, 0.6) is 0 Å². The summed E-state index contributed by atoms with van der Waals surface area (Å²) in [5.74, 6) is 3.20. The predicted octanol–water partition coefficient (Wildman–Crippen LogP) is 6.65. The van der Waals surface area contributed by atoms with Crippen LogP contribution < -0.4 is 0 Å². The van der Waals surface area contributed by atoms with Crippen LogP contribution in [0, 0.1) is 23.7 Å². The Bertz CT molecular complexity index is 234. The molecule has 0 N–H and O–H groups in total. The Morgan fingerprint density at radius 1 is 0.619 bits per heavy atom. The summed E-state index contributed by atoms with van der Waals surface area (Å²) in [6.45, 7) is 11.7. The highest BCUT2D eigenvalue weighted by atomic mass is 16.1. The van der Waals surface area contributed by atoms with Gasteiger partial charge in [0, 0.05) is 6.42 Å². The number of hydrogen-bond acceptors (Lipinski definition) is 1. The fourth-order valence-electron chi connectivity index (χ4n) is 3.07. The topological polar surface area (TPSA) is 17.1 Å². The first kappa shape index (κ1) is 20.7. The summed E-state index contributed by atoms with van der Waals surface area (Å²) in [6.07, 6.45) is 14.0. The molecule has 0 spiro atoms. The van der Waals surface area contributed by atoms with E-state index < -0.39 is 0 Å². The van der Waals surface area contributed by atoms with Gasteiger partial charge in [-0.2, -0.15) is 0 Å². The molecule has 0 saturated heterocycles. The van der Waals surface area contributed by atoms with Crippen molar-refractivity contribution >= 4 is 6.29 Å². The SMILES string of the molecule is CC(C)CCC[C@H](C)CCC[C@@H](C)CCC[C@@H](C)CC=O. The molecule has 0 unspecified atom stereocenters. The van der Waals surface area contributed by atoms with Crippen molar-refractivity contribution in [3.8, 4) is 0 Å². The van der Waals surface area contributed by atoms with Gasteiger partial charge >= 0.3 is 0 Å². The molecule has 3 atom stereocenters. The van der Waals surface area contributed by atoms with Gasteiger partial charge in [-0.05, 0) is 23.7 Å². The van der Waals surface area contributed by atoms with Crippen LogP contribution in [0.4, 0.5) is 0 Å². The standard InChI is InChI=1S/C20H40O/c1-17(2)9-6-10-18(3)11-7-12-19(4)13-8-14-20(5)15-16-21/h16-20H,6-15H2,1-5H3/t18-,19+,20+/m0/s1. The average Bonchev–Trinajstić information content (AvgIpc) is 2.38. The van der Waals surface area contributed by atoms with E-state index >= 15 is 0 Å². The number of hydrogen-bond donors (Lipinski definition) is 0. The second kappa shape index (κ2) is 13.3. The lowest BCUT2D eigenvalue weighted by molar-refractivity contribution is -0.108. The third-order valence-electron chi connectivity index (χ3n) is 4.76. The first-order valence-corrected chi connectivity index (χ1v) is 9.39. The molecule has 0 aromatic heterocycles. The minimum absolute atomic E-state index is 0.579. The molecule has 0 radical (unpaired) electrons. The maximum atomic E-state index is 10.4. The van der Waals surface area contributed by atoms with Crippen molar-refractivity contribution in [3.63, 3.8) is 0 Å². The zero-order valence-electron chi connectivity index (χ0n) is 15.4. The zero-order valence-corrected chi connectivity index (χ0v) is 15.4. The molecule has 21 heavy (non-hydrogen) atoms. The highest BCUT2D eigenvalue weighted by molar-refractivity contribution is 5.49. The lowest BCUT2D eigenvalue weighted by Crippen LogP contribution is -2.01. The van der Waals surface area contributed by atoms with E-state index in [-0.39, 0.29) is 0 Å². The quantitative estimate of drug-likeness (QED) is 0.328. The molecule has 0 bridgehead atoms. The Hall–Kier alpha value is -0.330. The molecule has 0 rings (SSSR count). The third-order valence-corrected chi connectivity index (χ3v) is 4.76. The van der Waals surface area contributed by atoms with Gasteiger partial charge in [0.1, 0.15) is 6.29 Å². The molecule has 0 aliphatic carbocycles. The normalized spacial score (nSPS) is 15.9. The smallest absolute Gasteiger partial charge is 0.120 e. The minimum Gasteiger partial charge on any atom is -0.303 e. The molecule has 0 amide bonds. The van der Waals surface area contributed by atoms with Crippen molar-refractivity contribution in [2.24, 2.45) is 23.7 Å². The number of carbonyl (C=O) groups excluding carboxylic acids is 1. The van der Waals surface area contributed by atoms with Crippen LogP contribution in [-0.4, -0.2) is 6.29 Å². The van der Waals surface area contributed by atoms with Crippen molar-refractivity contribution in [1.29, 1.82) is 0 Å². The van der Waals surface area contributed by atoms with E-state index in [2.05, 4.69) is 34.6 Å². The molecule has 1 heteroatoms. The van der Waals surface area contributed by atoms with Gasteiger partial charge in [-0.3, -0.25) is 0 Å². The maximum absolute atomic E-state index is 10.4. The molecule has 126 valence electrons. The first-order chi connectivity index (χ1) is 9.95. The summed E-state index contributed by atoms with van der Waals surface area (Å²) in [5, 5.41) is 0. The van der Waals surface area contributed by atoms with Crippen LogP contribution in [0.25, 0.3) is 0 Å². The van der Waals surface area contributed by atoms with Crippen molar-refractivity contribution in [1.82, 2.24) is 0 Å². The van der Waals surface area contributed by atoms with Crippen LogP contribution >= 0.6 is 0 Å². The largest absolute Gasteiger partial charge is 0.303 e. The summed E-state index contributed by atoms with van der Waals surface area (Å²) in [7, 11) is 0. The molecular formula is C20H40O. The second-order valence-electron chi connectivity index (χ2n) is 7.90. The van der Waals surface area contributed by atoms with Crippen LogP contribution in [0.15, 0.2) is 0 Å². The molecule has 0 aliphatic rings. The van der Waals surface area contributed by atoms with Crippen LogP contribution in [0.1, 0.15) is 98.8 Å². The number of aldehydes is 1. The molecule has 1 nitrogen and oxygen atoms in total. The van der Waals surface area contributed by atoms with Crippen molar-refractivity contribution in [3.05, 3.63) is 0 Å². The van der Waals surface area contributed by atoms with Gasteiger partial charge < -0.3 is 4.79 Å². The monoisotopic (exact) mass is 296 g/mol. The van der Waals surface area contributed by atoms with E-state index in [1.165, 1.54) is 57.8 Å². The average molecular weight is 297 g/mol. The first-order valence-electron chi connectivity index (χ1n) is 9.39. The molecule has 0 fully saturated rings. The third kappa shape index (κ3) is 14.4. The molecule has 0 heterocycles. The van der Waals surface area contributed by atoms with Gasteiger partial charge in [0.05, 0.1) is 0 Å². The lowest BCUT2D eigenvalue weighted by Gasteiger charge is -2.15. The van der Waals surface area contributed by atoms with E-state index in [0.29, 0.717) is 5.92 Å². The van der Waals surface area contributed by atoms with Crippen LogP contribution in [0.3, 0.4) is 0 Å². The number of carbonyl (C=O) groups is 1. The summed E-state index contributed by atoms with van der Waals surface area (Å²) >= 11 is 0. The summed E-state index contributed by atoms with van der Waals surface area (Å²) in [6, 6.07) is 0. The maximum Gasteiger partial charge on any atom is 0.120 e. The van der Waals surface area contributed by atoms with E-state index in [9.17, 15) is 4.79 Å². The van der Waals surface area contributed by atoms with Crippen molar-refractivity contribution in [2.75, 3.05) is 0 Å². The molecular weight excluding hydrogens is 256 g/mol. The fraction of sp³-hybridized carbons (Fsp3) is 0.950. The fourth-order valence-corrected chi connectivity index (χ4v) is 3.07. The Kier molecular flexibility index (Phi) is 13.1. The Labute approximate surface area is 134 Å². The van der Waals surface area contributed by atoms with E-state index in [4.69, 9.17) is 0 Å². The van der Waals surface area contributed by atoms with Gasteiger partial charge in [-0.15, -0.1) is 0 Å². The van der Waals surface area contributed by atoms with E-state index in [1.807, 2.05) is 0 Å². The second-order valence-corrected chi connectivity index (χ2v) is 7.90. The molecule has 0 aliphatic heterocycles. The van der Waals surface area contributed by atoms with Gasteiger partial charge in [-0.1, -0.05) is 92.4 Å². The zero-order chi connectivity index (χ0) is 16.1.